The van der Waals surface area contributed by atoms with Crippen LogP contribution in [0.5, 0.6) is 0 Å². The molecule has 1 heterocycles. The van der Waals surface area contributed by atoms with Gasteiger partial charge >= 0.3 is 0 Å². The van der Waals surface area contributed by atoms with Gasteiger partial charge in [0.05, 0.1) is 13.7 Å². The van der Waals surface area contributed by atoms with Crippen LogP contribution in [0, 0.1) is 5.92 Å². The summed E-state index contributed by atoms with van der Waals surface area (Å²) >= 11 is 0. The van der Waals surface area contributed by atoms with Gasteiger partial charge in [-0.3, -0.25) is 4.79 Å². The third-order valence-electron chi connectivity index (χ3n) is 5.74. The molecule has 0 atom stereocenters. The lowest BCUT2D eigenvalue weighted by molar-refractivity contribution is -0.119. The Morgan fingerprint density at radius 1 is 1.28 bits per heavy atom. The van der Waals surface area contributed by atoms with Crippen LogP contribution in [-0.2, 0) is 28.8 Å². The molecule has 1 saturated carbocycles. The lowest BCUT2D eigenvalue weighted by atomic mass is 10.1. The molecular formula is C22H33N5O2. The fraction of sp³-hybridized carbons (Fsp3) is 0.591. The second-order valence-corrected chi connectivity index (χ2v) is 7.93. The van der Waals surface area contributed by atoms with E-state index >= 15 is 0 Å². The third kappa shape index (κ3) is 5.71. The van der Waals surface area contributed by atoms with Crippen LogP contribution in [0.4, 0.5) is 5.82 Å². The predicted molar refractivity (Wildman–Crippen MR) is 114 cm³/mol. The van der Waals surface area contributed by atoms with Gasteiger partial charge in [0.15, 0.2) is 0 Å². The predicted octanol–water partition coefficient (Wildman–Crippen LogP) is 2.25. The standard InChI is InChI=1S/C22H33N5O2/c1-27(15-21(28)24-14-16-6-3-4-7-16)22-18-8-5-9-19(18)25-20(26-22)11-10-17(29-2)12-13-23/h10,12-13,16H,3-9,11,14-15,23H2,1-2H3,(H,24,28)/b13-12-,17-10+. The van der Waals surface area contributed by atoms with Gasteiger partial charge in [0.2, 0.25) is 5.91 Å². The minimum Gasteiger partial charge on any atom is -0.497 e. The summed E-state index contributed by atoms with van der Waals surface area (Å²) in [5, 5.41) is 3.10. The fourth-order valence-electron chi connectivity index (χ4n) is 4.19. The Hall–Kier alpha value is -2.57. The lowest BCUT2D eigenvalue weighted by Gasteiger charge is -2.21. The van der Waals surface area contributed by atoms with Gasteiger partial charge in [-0.2, -0.15) is 0 Å². The number of amides is 1. The lowest BCUT2D eigenvalue weighted by Crippen LogP contribution is -2.38. The summed E-state index contributed by atoms with van der Waals surface area (Å²) in [6.45, 7) is 1.10. The van der Waals surface area contributed by atoms with E-state index in [1.54, 1.807) is 13.2 Å². The average Bonchev–Trinajstić information content (AvgIpc) is 3.40. The van der Waals surface area contributed by atoms with Crippen molar-refractivity contribution in [3.8, 4) is 0 Å². The SMILES string of the molecule is COC(/C=C\N)=C/Cc1nc2c(c(N(C)CC(=O)NCC3CCCC3)n1)CCC2. The Kier molecular flexibility index (Phi) is 7.49. The number of nitrogens with zero attached hydrogens (tertiary/aromatic N) is 3. The topological polar surface area (TPSA) is 93.4 Å². The summed E-state index contributed by atoms with van der Waals surface area (Å²) in [5.74, 6) is 2.99. The number of anilines is 1. The molecule has 0 bridgehead atoms. The number of hydrogen-bond donors (Lipinski definition) is 2. The summed E-state index contributed by atoms with van der Waals surface area (Å²) in [6.07, 6.45) is 13.7. The smallest absolute Gasteiger partial charge is 0.239 e. The van der Waals surface area contributed by atoms with Crippen LogP contribution in [0.25, 0.3) is 0 Å². The molecule has 0 saturated heterocycles. The van der Waals surface area contributed by atoms with Gasteiger partial charge in [-0.1, -0.05) is 12.8 Å². The maximum Gasteiger partial charge on any atom is 0.239 e. The number of fused-ring (bicyclic) bond motifs is 1. The molecule has 3 rings (SSSR count). The maximum absolute atomic E-state index is 12.5. The van der Waals surface area contributed by atoms with E-state index in [0.717, 1.165) is 43.1 Å². The zero-order chi connectivity index (χ0) is 20.6. The number of nitrogens with two attached hydrogens (primary N) is 1. The van der Waals surface area contributed by atoms with Crippen LogP contribution in [0.1, 0.15) is 49.2 Å². The molecule has 2 aliphatic carbocycles. The van der Waals surface area contributed by atoms with E-state index in [0.29, 0.717) is 24.6 Å². The number of rotatable bonds is 9. The fourth-order valence-corrected chi connectivity index (χ4v) is 4.19. The number of carbonyl (C=O) groups excluding carboxylic acids is 1. The van der Waals surface area contributed by atoms with Crippen molar-refractivity contribution in [1.82, 2.24) is 15.3 Å². The van der Waals surface area contributed by atoms with Crippen molar-refractivity contribution in [3.63, 3.8) is 0 Å². The van der Waals surface area contributed by atoms with Crippen molar-refractivity contribution >= 4 is 11.7 Å². The highest BCUT2D eigenvalue weighted by molar-refractivity contribution is 5.81. The first-order chi connectivity index (χ1) is 14.1. The minimum absolute atomic E-state index is 0.0564. The van der Waals surface area contributed by atoms with E-state index in [1.165, 1.54) is 37.4 Å². The zero-order valence-electron chi connectivity index (χ0n) is 17.6. The highest BCUT2D eigenvalue weighted by Crippen LogP contribution is 2.28. The highest BCUT2D eigenvalue weighted by Gasteiger charge is 2.23. The third-order valence-corrected chi connectivity index (χ3v) is 5.74. The molecule has 7 nitrogen and oxygen atoms in total. The van der Waals surface area contributed by atoms with E-state index in [2.05, 4.69) is 5.32 Å². The van der Waals surface area contributed by atoms with Crippen molar-refractivity contribution in [2.45, 2.75) is 51.4 Å². The van der Waals surface area contributed by atoms with Gasteiger partial charge in [0.25, 0.3) is 0 Å². The molecular weight excluding hydrogens is 366 g/mol. The molecule has 158 valence electrons. The second kappa shape index (κ2) is 10.3. The first-order valence-electron chi connectivity index (χ1n) is 10.6. The normalized spacial score (nSPS) is 17.0. The number of methoxy groups -OCH3 is 1. The zero-order valence-corrected chi connectivity index (χ0v) is 17.6. The molecule has 0 aliphatic heterocycles. The van der Waals surface area contributed by atoms with Crippen molar-refractivity contribution in [2.75, 3.05) is 32.1 Å². The molecule has 0 aromatic carbocycles. The van der Waals surface area contributed by atoms with E-state index in [4.69, 9.17) is 20.4 Å². The largest absolute Gasteiger partial charge is 0.497 e. The number of allylic oxidation sites excluding steroid dienone is 2. The Morgan fingerprint density at radius 2 is 2.07 bits per heavy atom. The molecule has 0 radical (unpaired) electrons. The van der Waals surface area contributed by atoms with Crippen LogP contribution in [0.15, 0.2) is 24.1 Å². The highest BCUT2D eigenvalue weighted by atomic mass is 16.5. The maximum atomic E-state index is 12.5. The van der Waals surface area contributed by atoms with Gasteiger partial charge in [-0.25, -0.2) is 9.97 Å². The molecule has 7 heteroatoms. The number of nitrogens with one attached hydrogen (secondary N) is 1. The summed E-state index contributed by atoms with van der Waals surface area (Å²) in [7, 11) is 3.55. The van der Waals surface area contributed by atoms with Crippen LogP contribution in [0.2, 0.25) is 0 Å². The van der Waals surface area contributed by atoms with Crippen LogP contribution in [0.3, 0.4) is 0 Å². The van der Waals surface area contributed by atoms with Gasteiger partial charge in [0, 0.05) is 31.3 Å². The summed E-state index contributed by atoms with van der Waals surface area (Å²) < 4.78 is 5.28. The van der Waals surface area contributed by atoms with Crippen LogP contribution in [-0.4, -0.2) is 43.1 Å². The van der Waals surface area contributed by atoms with Crippen molar-refractivity contribution in [3.05, 3.63) is 41.2 Å². The van der Waals surface area contributed by atoms with Gasteiger partial charge < -0.3 is 20.7 Å². The number of likely N-dealkylation sites (N-methyl/N-ethyl adjacent to an activating group) is 1. The van der Waals surface area contributed by atoms with Gasteiger partial charge in [-0.05, 0) is 56.4 Å². The number of ether oxygens (including phenoxy) is 1. The van der Waals surface area contributed by atoms with E-state index < -0.39 is 0 Å². The number of hydrogen-bond acceptors (Lipinski definition) is 6. The second-order valence-electron chi connectivity index (χ2n) is 7.93. The monoisotopic (exact) mass is 399 g/mol. The Morgan fingerprint density at radius 3 is 2.79 bits per heavy atom. The average molecular weight is 400 g/mol. The first-order valence-corrected chi connectivity index (χ1v) is 10.6. The summed E-state index contributed by atoms with van der Waals surface area (Å²) in [4.78, 5) is 23.9. The number of carbonyl (C=O) groups is 1. The molecule has 29 heavy (non-hydrogen) atoms. The van der Waals surface area contributed by atoms with E-state index in [1.807, 2.05) is 18.0 Å². The van der Waals surface area contributed by atoms with Crippen LogP contribution < -0.4 is 16.0 Å². The minimum atomic E-state index is 0.0564. The number of aromatic nitrogens is 2. The molecule has 1 aromatic rings. The molecule has 1 amide bonds. The molecule has 0 unspecified atom stereocenters. The summed E-state index contributed by atoms with van der Waals surface area (Å²) in [5.41, 5.74) is 7.73. The molecule has 2 aliphatic rings. The molecule has 1 fully saturated rings. The number of aryl methyl sites for hydroxylation is 1. The molecule has 3 N–H and O–H groups in total. The van der Waals surface area contributed by atoms with Gasteiger partial charge in [-0.15, -0.1) is 0 Å². The summed E-state index contributed by atoms with van der Waals surface area (Å²) in [6, 6.07) is 0. The van der Waals surface area contributed by atoms with Crippen molar-refractivity contribution in [2.24, 2.45) is 11.7 Å². The Bertz CT molecular complexity index is 769. The molecule has 0 spiro atoms. The Labute approximate surface area is 173 Å². The van der Waals surface area contributed by atoms with Crippen LogP contribution >= 0.6 is 0 Å². The first kappa shape index (κ1) is 21.1. The molecule has 1 aromatic heterocycles. The van der Waals surface area contributed by atoms with E-state index in [-0.39, 0.29) is 5.91 Å². The quantitative estimate of drug-likeness (QED) is 0.489. The van der Waals surface area contributed by atoms with Crippen molar-refractivity contribution in [1.29, 1.82) is 0 Å². The van der Waals surface area contributed by atoms with Gasteiger partial charge in [0.1, 0.15) is 17.4 Å². The van der Waals surface area contributed by atoms with Crippen molar-refractivity contribution < 1.29 is 9.53 Å². The van der Waals surface area contributed by atoms with E-state index in [9.17, 15) is 4.79 Å². The Balaban J connectivity index is 1.68.